The highest BCUT2D eigenvalue weighted by atomic mass is 19.4. The van der Waals surface area contributed by atoms with Gasteiger partial charge >= 0.3 is 18.3 Å². The lowest BCUT2D eigenvalue weighted by Crippen LogP contribution is -2.26. The minimum atomic E-state index is -4.98. The minimum absolute atomic E-state index is 0.00290. The fourth-order valence-corrected chi connectivity index (χ4v) is 1.51. The van der Waals surface area contributed by atoms with Crippen molar-refractivity contribution in [2.24, 2.45) is 0 Å². The number of halogens is 6. The van der Waals surface area contributed by atoms with Crippen molar-refractivity contribution in [3.05, 3.63) is 29.3 Å². The van der Waals surface area contributed by atoms with E-state index in [1.165, 1.54) is 6.92 Å². The van der Waals surface area contributed by atoms with Gasteiger partial charge in [0.2, 0.25) is 0 Å². The summed E-state index contributed by atoms with van der Waals surface area (Å²) in [6.07, 6.45) is -11.3. The maximum absolute atomic E-state index is 12.6. The van der Waals surface area contributed by atoms with Gasteiger partial charge in [-0.1, -0.05) is 0 Å². The van der Waals surface area contributed by atoms with Crippen LogP contribution < -0.4 is 4.74 Å². The van der Waals surface area contributed by atoms with Gasteiger partial charge in [0, 0.05) is 0 Å². The minimum Gasteiger partial charge on any atom is -0.479 e. The van der Waals surface area contributed by atoms with Crippen LogP contribution in [0.1, 0.15) is 25.0 Å². The van der Waals surface area contributed by atoms with E-state index < -0.39 is 41.3 Å². The molecule has 22 heavy (non-hydrogen) atoms. The third-order valence-electron chi connectivity index (χ3n) is 2.49. The van der Waals surface area contributed by atoms with E-state index in [0.29, 0.717) is 12.1 Å². The summed E-state index contributed by atoms with van der Waals surface area (Å²) < 4.78 is 85.2. The lowest BCUT2D eigenvalue weighted by molar-refractivity contribution is -0.150. The van der Waals surface area contributed by atoms with Gasteiger partial charge in [0.25, 0.3) is 0 Å². The van der Waals surface area contributed by atoms with Crippen LogP contribution in [0.3, 0.4) is 0 Å². The molecule has 0 amide bonds. The lowest BCUT2D eigenvalue weighted by Gasteiger charge is -2.17. The number of rotatable bonds is 4. The summed E-state index contributed by atoms with van der Waals surface area (Å²) >= 11 is 0. The summed E-state index contributed by atoms with van der Waals surface area (Å²) in [7, 11) is 0. The number of hydrogen-bond acceptors (Lipinski definition) is 3. The summed E-state index contributed by atoms with van der Waals surface area (Å²) in [5.41, 5.74) is -3.04. The van der Waals surface area contributed by atoms with E-state index >= 15 is 0 Å². The van der Waals surface area contributed by atoms with E-state index in [4.69, 9.17) is 4.74 Å². The predicted molar refractivity (Wildman–Crippen MR) is 63.2 cm³/mol. The number of benzene rings is 1. The first kappa shape index (κ1) is 18.1. The molecule has 0 unspecified atom stereocenters. The number of carbonyl (C=O) groups is 1. The van der Waals surface area contributed by atoms with Crippen molar-refractivity contribution in [1.82, 2.24) is 0 Å². The first-order chi connectivity index (χ1) is 9.95. The van der Waals surface area contributed by atoms with Gasteiger partial charge in [0.1, 0.15) is 5.75 Å². The van der Waals surface area contributed by atoms with Crippen molar-refractivity contribution in [2.75, 3.05) is 6.61 Å². The quantitative estimate of drug-likeness (QED) is 0.617. The Bertz CT molecular complexity index is 503. The summed E-state index contributed by atoms with van der Waals surface area (Å²) in [4.78, 5) is 11.3. The van der Waals surface area contributed by atoms with Gasteiger partial charge in [-0.2, -0.15) is 26.3 Å². The zero-order chi connectivity index (χ0) is 17.1. The Hall–Kier alpha value is -1.93. The van der Waals surface area contributed by atoms with Crippen LogP contribution in [0.2, 0.25) is 0 Å². The maximum atomic E-state index is 12.6. The van der Waals surface area contributed by atoms with Crippen molar-refractivity contribution in [3.63, 3.8) is 0 Å². The maximum Gasteiger partial charge on any atom is 0.416 e. The van der Waals surface area contributed by atoms with E-state index in [2.05, 4.69) is 4.74 Å². The topological polar surface area (TPSA) is 35.5 Å². The normalized spacial score (nSPS) is 13.6. The molecule has 3 nitrogen and oxygen atoms in total. The second kappa shape index (κ2) is 6.45. The Labute approximate surface area is 121 Å². The molecule has 0 saturated heterocycles. The number of hydrogen-bond donors (Lipinski definition) is 0. The molecular formula is C13H12F6O3. The van der Waals surface area contributed by atoms with Crippen molar-refractivity contribution in [3.8, 4) is 5.75 Å². The molecule has 0 spiro atoms. The molecule has 0 aliphatic heterocycles. The molecule has 1 atom stereocenters. The summed E-state index contributed by atoms with van der Waals surface area (Å²) in [6, 6.07) is 0.762. The van der Waals surface area contributed by atoms with Gasteiger partial charge in [-0.15, -0.1) is 0 Å². The summed E-state index contributed by atoms with van der Waals surface area (Å²) in [6.45, 7) is 2.66. The summed E-state index contributed by atoms with van der Waals surface area (Å²) in [5, 5.41) is 0. The van der Waals surface area contributed by atoms with Gasteiger partial charge in [-0.3, -0.25) is 0 Å². The Morgan fingerprint density at radius 1 is 1.05 bits per heavy atom. The molecule has 0 aromatic heterocycles. The standard InChI is InChI=1S/C13H12F6O3/c1-3-21-11(20)7(2)22-10-5-8(12(14,15)16)4-9(6-10)13(17,18)19/h4-7H,3H2,1-2H3/t7-/m0/s1. The molecular weight excluding hydrogens is 318 g/mol. The van der Waals surface area contributed by atoms with Gasteiger partial charge in [0.05, 0.1) is 17.7 Å². The molecule has 0 aliphatic rings. The fraction of sp³-hybridized carbons (Fsp3) is 0.462. The van der Waals surface area contributed by atoms with E-state index in [0.717, 1.165) is 6.92 Å². The van der Waals surface area contributed by atoms with Crippen LogP contribution in [0.5, 0.6) is 5.75 Å². The molecule has 0 fully saturated rings. The summed E-state index contributed by atoms with van der Waals surface area (Å²) in [5.74, 6) is -1.61. The molecule has 0 N–H and O–H groups in total. The van der Waals surface area contributed by atoms with Crippen LogP contribution in [0.4, 0.5) is 26.3 Å². The molecule has 0 aliphatic carbocycles. The first-order valence-corrected chi connectivity index (χ1v) is 6.08. The molecule has 124 valence electrons. The number of alkyl halides is 6. The second-order valence-corrected chi connectivity index (χ2v) is 4.25. The zero-order valence-electron chi connectivity index (χ0n) is 11.5. The van der Waals surface area contributed by atoms with Crippen molar-refractivity contribution >= 4 is 5.97 Å². The van der Waals surface area contributed by atoms with Crippen LogP contribution in [0.25, 0.3) is 0 Å². The molecule has 0 heterocycles. The molecule has 9 heteroatoms. The highest BCUT2D eigenvalue weighted by molar-refractivity contribution is 5.74. The van der Waals surface area contributed by atoms with Gasteiger partial charge in [0.15, 0.2) is 6.10 Å². The Kier molecular flexibility index (Phi) is 5.31. The van der Waals surface area contributed by atoms with Crippen LogP contribution in [-0.2, 0) is 21.9 Å². The van der Waals surface area contributed by atoms with Gasteiger partial charge in [-0.05, 0) is 32.0 Å². The smallest absolute Gasteiger partial charge is 0.416 e. The van der Waals surface area contributed by atoms with E-state index in [1.54, 1.807) is 0 Å². The highest BCUT2D eigenvalue weighted by Crippen LogP contribution is 2.38. The Balaban J connectivity index is 3.16. The van der Waals surface area contributed by atoms with Gasteiger partial charge in [-0.25, -0.2) is 4.79 Å². The van der Waals surface area contributed by atoms with Crippen LogP contribution in [0, 0.1) is 0 Å². The van der Waals surface area contributed by atoms with Crippen molar-refractivity contribution in [2.45, 2.75) is 32.3 Å². The van der Waals surface area contributed by atoms with Crippen molar-refractivity contribution in [1.29, 1.82) is 0 Å². The van der Waals surface area contributed by atoms with Crippen LogP contribution in [-0.4, -0.2) is 18.7 Å². The molecule has 0 bridgehead atoms. The molecule has 1 rings (SSSR count). The molecule has 1 aromatic rings. The average molecular weight is 330 g/mol. The monoisotopic (exact) mass is 330 g/mol. The van der Waals surface area contributed by atoms with E-state index in [-0.39, 0.29) is 12.7 Å². The van der Waals surface area contributed by atoms with Crippen LogP contribution in [0.15, 0.2) is 18.2 Å². The Morgan fingerprint density at radius 2 is 1.50 bits per heavy atom. The van der Waals surface area contributed by atoms with Crippen molar-refractivity contribution < 1.29 is 40.6 Å². The zero-order valence-corrected chi connectivity index (χ0v) is 11.5. The third-order valence-corrected chi connectivity index (χ3v) is 2.49. The highest BCUT2D eigenvalue weighted by Gasteiger charge is 2.37. The number of ether oxygens (including phenoxy) is 2. The average Bonchev–Trinajstić information content (AvgIpc) is 2.36. The predicted octanol–water partition coefficient (Wildman–Crippen LogP) is 4.05. The number of carbonyl (C=O) groups excluding carboxylic acids is 1. The molecule has 0 radical (unpaired) electrons. The molecule has 1 aromatic carbocycles. The second-order valence-electron chi connectivity index (χ2n) is 4.25. The number of esters is 1. The van der Waals surface area contributed by atoms with Gasteiger partial charge < -0.3 is 9.47 Å². The third kappa shape index (κ3) is 4.81. The SMILES string of the molecule is CCOC(=O)[C@H](C)Oc1cc(C(F)(F)F)cc(C(F)(F)F)c1. The van der Waals surface area contributed by atoms with Crippen LogP contribution >= 0.6 is 0 Å². The van der Waals surface area contributed by atoms with E-state index in [9.17, 15) is 31.1 Å². The Morgan fingerprint density at radius 3 is 1.86 bits per heavy atom. The largest absolute Gasteiger partial charge is 0.479 e. The van der Waals surface area contributed by atoms with E-state index in [1.807, 2.05) is 0 Å². The molecule has 0 saturated carbocycles. The first-order valence-electron chi connectivity index (χ1n) is 6.08. The lowest BCUT2D eigenvalue weighted by atomic mass is 10.1. The fourth-order valence-electron chi connectivity index (χ4n) is 1.51.